The number of ether oxygens (including phenoxy) is 1. The molecule has 2 aliphatic rings. The average molecular weight is 374 g/mol. The molecule has 0 radical (unpaired) electrons. The zero-order valence-electron chi connectivity index (χ0n) is 14.4. The fourth-order valence-corrected chi connectivity index (χ4v) is 3.61. The van der Waals surface area contributed by atoms with Gasteiger partial charge in [0.2, 0.25) is 5.78 Å². The maximum absolute atomic E-state index is 13.1. The lowest BCUT2D eigenvalue weighted by Crippen LogP contribution is -2.48. The van der Waals surface area contributed by atoms with Crippen LogP contribution in [0.3, 0.4) is 0 Å². The summed E-state index contributed by atoms with van der Waals surface area (Å²) in [6.07, 6.45) is 2.92. The van der Waals surface area contributed by atoms with Crippen LogP contribution in [0.4, 0.5) is 4.39 Å². The Morgan fingerprint density at radius 3 is 2.31 bits per heavy atom. The van der Waals surface area contributed by atoms with Gasteiger partial charge < -0.3 is 4.74 Å². The van der Waals surface area contributed by atoms with Crippen LogP contribution in [0, 0.1) is 5.82 Å². The van der Waals surface area contributed by atoms with E-state index in [-0.39, 0.29) is 24.0 Å². The molecule has 5 heteroatoms. The molecule has 0 aliphatic carbocycles. The molecule has 3 nitrogen and oxygen atoms in total. The van der Waals surface area contributed by atoms with Crippen LogP contribution >= 0.6 is 12.4 Å². The van der Waals surface area contributed by atoms with Crippen molar-refractivity contribution in [2.45, 2.75) is 25.0 Å². The quantitative estimate of drug-likeness (QED) is 0.806. The van der Waals surface area contributed by atoms with Crippen molar-refractivity contribution in [3.05, 3.63) is 77.8 Å². The van der Waals surface area contributed by atoms with Gasteiger partial charge in [0.15, 0.2) is 5.60 Å². The van der Waals surface area contributed by atoms with E-state index in [1.807, 2.05) is 18.2 Å². The molecule has 0 aromatic heterocycles. The highest BCUT2D eigenvalue weighted by molar-refractivity contribution is 6.26. The number of nitrogens with zero attached hydrogens (tertiary/aromatic N) is 1. The fourth-order valence-electron chi connectivity index (χ4n) is 3.61. The summed E-state index contributed by atoms with van der Waals surface area (Å²) in [5, 5.41) is 0. The second-order valence-corrected chi connectivity index (χ2v) is 6.74. The Kier molecular flexibility index (Phi) is 5.44. The lowest BCUT2D eigenvalue weighted by atomic mass is 9.84. The molecule has 0 bridgehead atoms. The molecule has 2 aromatic carbocycles. The summed E-state index contributed by atoms with van der Waals surface area (Å²) in [6.45, 7) is 2.54. The van der Waals surface area contributed by atoms with Crippen molar-refractivity contribution in [1.82, 2.24) is 4.90 Å². The Morgan fingerprint density at radius 2 is 1.65 bits per heavy atom. The Balaban J connectivity index is 0.00000196. The molecule has 1 saturated heterocycles. The first-order valence-corrected chi connectivity index (χ1v) is 8.61. The summed E-state index contributed by atoms with van der Waals surface area (Å²) >= 11 is 0. The second-order valence-electron chi connectivity index (χ2n) is 6.74. The Labute approximate surface area is 158 Å². The first-order valence-electron chi connectivity index (χ1n) is 8.61. The van der Waals surface area contributed by atoms with Gasteiger partial charge in [-0.3, -0.25) is 9.69 Å². The maximum atomic E-state index is 13.1. The number of Topliss-reactive ketones (excluding diaryl/α,β-unsaturated/α-hetero) is 1. The van der Waals surface area contributed by atoms with E-state index in [0.29, 0.717) is 18.4 Å². The van der Waals surface area contributed by atoms with E-state index in [1.165, 1.54) is 17.7 Å². The van der Waals surface area contributed by atoms with Crippen LogP contribution in [0.5, 0.6) is 0 Å². The molecule has 2 heterocycles. The zero-order chi connectivity index (χ0) is 17.3. The molecule has 1 fully saturated rings. The number of benzene rings is 2. The van der Waals surface area contributed by atoms with E-state index in [2.05, 4.69) is 17.0 Å². The third-order valence-electron chi connectivity index (χ3n) is 5.13. The molecule has 0 atom stereocenters. The Bertz CT molecular complexity index is 797. The molecule has 2 aliphatic heterocycles. The molecule has 0 saturated carbocycles. The van der Waals surface area contributed by atoms with E-state index >= 15 is 0 Å². The van der Waals surface area contributed by atoms with Gasteiger partial charge in [0.25, 0.3) is 0 Å². The number of ketones is 1. The first kappa shape index (κ1) is 18.6. The van der Waals surface area contributed by atoms with Crippen molar-refractivity contribution in [2.75, 3.05) is 13.1 Å². The first-order chi connectivity index (χ1) is 12.2. The number of piperidine rings is 1. The van der Waals surface area contributed by atoms with E-state index in [0.717, 1.165) is 25.2 Å². The van der Waals surface area contributed by atoms with Crippen molar-refractivity contribution in [1.29, 1.82) is 0 Å². The van der Waals surface area contributed by atoms with Gasteiger partial charge in [0.1, 0.15) is 5.82 Å². The number of carbonyl (C=O) groups is 1. The number of likely N-dealkylation sites (tertiary alicyclic amines) is 1. The van der Waals surface area contributed by atoms with Crippen molar-refractivity contribution in [2.24, 2.45) is 0 Å². The van der Waals surface area contributed by atoms with Crippen molar-refractivity contribution < 1.29 is 13.9 Å². The number of hydrogen-bond acceptors (Lipinski definition) is 3. The minimum Gasteiger partial charge on any atom is -0.486 e. The van der Waals surface area contributed by atoms with Crippen LogP contribution < -0.4 is 0 Å². The number of carbonyl (C=O) groups excluding carboxylic acids is 1. The SMILES string of the molecule is Cl.O=C1C(c2ccc(F)cc2)=COC12CCN(Cc1ccccc1)CC2. The van der Waals surface area contributed by atoms with E-state index in [1.54, 1.807) is 18.4 Å². The Hall–Kier alpha value is -2.17. The van der Waals surface area contributed by atoms with Crippen molar-refractivity contribution >= 4 is 23.8 Å². The van der Waals surface area contributed by atoms with Gasteiger partial charge in [-0.05, 0) is 23.3 Å². The maximum Gasteiger partial charge on any atom is 0.210 e. The predicted molar refractivity (Wildman–Crippen MR) is 101 cm³/mol. The van der Waals surface area contributed by atoms with Gasteiger partial charge in [-0.2, -0.15) is 0 Å². The fraction of sp³-hybridized carbons (Fsp3) is 0.286. The van der Waals surface area contributed by atoms with Crippen molar-refractivity contribution in [3.63, 3.8) is 0 Å². The summed E-state index contributed by atoms with van der Waals surface area (Å²) in [5.74, 6) is -0.280. The minimum atomic E-state index is -0.739. The summed E-state index contributed by atoms with van der Waals surface area (Å²) in [7, 11) is 0. The van der Waals surface area contributed by atoms with Crippen LogP contribution in [-0.4, -0.2) is 29.4 Å². The lowest BCUT2D eigenvalue weighted by Gasteiger charge is -2.37. The zero-order valence-corrected chi connectivity index (χ0v) is 15.2. The topological polar surface area (TPSA) is 29.5 Å². The van der Waals surface area contributed by atoms with Gasteiger partial charge >= 0.3 is 0 Å². The monoisotopic (exact) mass is 373 g/mol. The standard InChI is InChI=1S/C21H20FNO2.ClH/c22-18-8-6-17(7-9-18)19-15-25-21(20(19)24)10-12-23(13-11-21)14-16-4-2-1-3-5-16;/h1-9,15H,10-14H2;1H. The van der Waals surface area contributed by atoms with Crippen molar-refractivity contribution in [3.8, 4) is 0 Å². The normalized spacial score (nSPS) is 19.0. The predicted octanol–water partition coefficient (Wildman–Crippen LogP) is 4.22. The minimum absolute atomic E-state index is 0. The highest BCUT2D eigenvalue weighted by Gasteiger charge is 2.47. The largest absolute Gasteiger partial charge is 0.486 e. The molecule has 0 N–H and O–H groups in total. The smallest absolute Gasteiger partial charge is 0.210 e. The van der Waals surface area contributed by atoms with E-state index in [4.69, 9.17) is 4.74 Å². The second kappa shape index (κ2) is 7.60. The Morgan fingerprint density at radius 1 is 1.00 bits per heavy atom. The molecular formula is C21H21ClFNO2. The lowest BCUT2D eigenvalue weighted by molar-refractivity contribution is -0.133. The van der Waals surface area contributed by atoms with Crippen LogP contribution in [0.2, 0.25) is 0 Å². The average Bonchev–Trinajstić information content (AvgIpc) is 2.95. The van der Waals surface area contributed by atoms with E-state index < -0.39 is 5.60 Å². The molecule has 1 spiro atoms. The number of halogens is 2. The molecule has 136 valence electrons. The summed E-state index contributed by atoms with van der Waals surface area (Å²) < 4.78 is 19.0. The summed E-state index contributed by atoms with van der Waals surface area (Å²) in [6, 6.07) is 16.4. The third kappa shape index (κ3) is 3.53. The van der Waals surface area contributed by atoms with Gasteiger partial charge in [0, 0.05) is 32.5 Å². The molecule has 26 heavy (non-hydrogen) atoms. The van der Waals surface area contributed by atoms with Gasteiger partial charge in [-0.15, -0.1) is 12.4 Å². The molecular weight excluding hydrogens is 353 g/mol. The molecule has 0 unspecified atom stereocenters. The van der Waals surface area contributed by atoms with Crippen LogP contribution in [0.15, 0.2) is 60.9 Å². The van der Waals surface area contributed by atoms with Gasteiger partial charge in [0.05, 0.1) is 11.8 Å². The summed E-state index contributed by atoms with van der Waals surface area (Å²) in [5.41, 5.74) is 1.81. The van der Waals surface area contributed by atoms with Gasteiger partial charge in [-0.1, -0.05) is 42.5 Å². The highest BCUT2D eigenvalue weighted by Crippen LogP contribution is 2.38. The third-order valence-corrected chi connectivity index (χ3v) is 5.13. The van der Waals surface area contributed by atoms with Crippen LogP contribution in [-0.2, 0) is 16.1 Å². The molecule has 2 aromatic rings. The summed E-state index contributed by atoms with van der Waals surface area (Å²) in [4.78, 5) is 15.3. The molecule has 0 amide bonds. The van der Waals surface area contributed by atoms with Crippen LogP contribution in [0.25, 0.3) is 5.57 Å². The van der Waals surface area contributed by atoms with E-state index in [9.17, 15) is 9.18 Å². The molecule has 4 rings (SSSR count). The number of hydrogen-bond donors (Lipinski definition) is 0. The highest BCUT2D eigenvalue weighted by atomic mass is 35.5. The number of rotatable bonds is 3. The van der Waals surface area contributed by atoms with Gasteiger partial charge in [-0.25, -0.2) is 4.39 Å². The van der Waals surface area contributed by atoms with Crippen LogP contribution in [0.1, 0.15) is 24.0 Å².